The van der Waals surface area contributed by atoms with Gasteiger partial charge in [0.2, 0.25) is 0 Å². The predicted octanol–water partition coefficient (Wildman–Crippen LogP) is 1.56. The Kier molecular flexibility index (Phi) is 6.60. The molecule has 0 atom stereocenters. The molecule has 0 radical (unpaired) electrons. The van der Waals surface area contributed by atoms with Gasteiger partial charge in [-0.25, -0.2) is 4.79 Å². The van der Waals surface area contributed by atoms with Crippen molar-refractivity contribution in [3.8, 4) is 0 Å². The maximum absolute atomic E-state index is 11.9. The molecule has 0 aliphatic heterocycles. The average Bonchev–Trinajstić information content (AvgIpc) is 2.41. The quantitative estimate of drug-likeness (QED) is 0.811. The number of benzene rings is 1. The van der Waals surface area contributed by atoms with Crippen LogP contribution in [0.25, 0.3) is 0 Å². The van der Waals surface area contributed by atoms with Crippen LogP contribution in [0.15, 0.2) is 30.3 Å². The van der Waals surface area contributed by atoms with Crippen LogP contribution in [-0.2, 0) is 16.1 Å². The molecule has 0 aliphatic carbocycles. The lowest BCUT2D eigenvalue weighted by atomic mass is 10.2. The van der Waals surface area contributed by atoms with Gasteiger partial charge in [0.15, 0.2) is 0 Å². The first-order valence-electron chi connectivity index (χ1n) is 6.28. The van der Waals surface area contributed by atoms with Gasteiger partial charge < -0.3 is 15.4 Å². The minimum absolute atomic E-state index is 0.0397. The molecule has 0 saturated heterocycles. The van der Waals surface area contributed by atoms with Crippen LogP contribution >= 0.6 is 0 Å². The zero-order chi connectivity index (χ0) is 14.1. The Bertz CT molecular complexity index is 406. The number of ketones is 1. The second-order valence-electron chi connectivity index (χ2n) is 4.27. The van der Waals surface area contributed by atoms with E-state index >= 15 is 0 Å². The van der Waals surface area contributed by atoms with Crippen LogP contribution in [0.4, 0.5) is 4.79 Å². The fourth-order valence-corrected chi connectivity index (χ4v) is 1.55. The van der Waals surface area contributed by atoms with Crippen molar-refractivity contribution >= 4 is 11.9 Å². The van der Waals surface area contributed by atoms with Crippen molar-refractivity contribution in [1.82, 2.24) is 4.90 Å². The second kappa shape index (κ2) is 8.26. The van der Waals surface area contributed by atoms with Crippen molar-refractivity contribution < 1.29 is 14.3 Å². The molecule has 0 aromatic heterocycles. The molecule has 2 N–H and O–H groups in total. The third-order valence-corrected chi connectivity index (χ3v) is 2.60. The van der Waals surface area contributed by atoms with Crippen molar-refractivity contribution in [3.05, 3.63) is 35.9 Å². The highest BCUT2D eigenvalue weighted by Gasteiger charge is 2.14. The predicted molar refractivity (Wildman–Crippen MR) is 72.6 cm³/mol. The third-order valence-electron chi connectivity index (χ3n) is 2.60. The van der Waals surface area contributed by atoms with Gasteiger partial charge in [0, 0.05) is 26.1 Å². The molecule has 5 heteroatoms. The van der Waals surface area contributed by atoms with Crippen LogP contribution in [0.2, 0.25) is 0 Å². The summed E-state index contributed by atoms with van der Waals surface area (Å²) in [6.07, 6.45) is -0.115. The summed E-state index contributed by atoms with van der Waals surface area (Å²) in [5.74, 6) is 0.0397. The molecule has 1 aromatic rings. The molecule has 0 bridgehead atoms. The van der Waals surface area contributed by atoms with Crippen molar-refractivity contribution in [2.75, 3.05) is 19.6 Å². The molecule has 0 fully saturated rings. The number of nitrogens with two attached hydrogens (primary N) is 1. The smallest absolute Gasteiger partial charge is 0.410 e. The summed E-state index contributed by atoms with van der Waals surface area (Å²) in [7, 11) is 0. The summed E-state index contributed by atoms with van der Waals surface area (Å²) in [6, 6.07) is 9.44. The van der Waals surface area contributed by atoms with E-state index in [1.54, 1.807) is 0 Å². The molecular weight excluding hydrogens is 244 g/mol. The van der Waals surface area contributed by atoms with E-state index in [-0.39, 0.29) is 12.4 Å². The Morgan fingerprint density at radius 2 is 1.89 bits per heavy atom. The minimum atomic E-state index is -0.435. The normalized spacial score (nSPS) is 10.0. The number of Topliss-reactive ketones (excluding diaryl/α,β-unsaturated/α-hetero) is 1. The lowest BCUT2D eigenvalue weighted by molar-refractivity contribution is -0.117. The van der Waals surface area contributed by atoms with Crippen LogP contribution in [0, 0.1) is 0 Å². The van der Waals surface area contributed by atoms with Crippen LogP contribution in [0.1, 0.15) is 18.9 Å². The van der Waals surface area contributed by atoms with Gasteiger partial charge >= 0.3 is 6.09 Å². The van der Waals surface area contributed by atoms with Crippen LogP contribution in [0.5, 0.6) is 0 Å². The van der Waals surface area contributed by atoms with Gasteiger partial charge in [0.25, 0.3) is 0 Å². The van der Waals surface area contributed by atoms with E-state index < -0.39 is 6.09 Å². The van der Waals surface area contributed by atoms with Gasteiger partial charge in [-0.3, -0.25) is 4.79 Å². The van der Waals surface area contributed by atoms with Gasteiger partial charge in [-0.05, 0) is 12.5 Å². The number of amides is 1. The van der Waals surface area contributed by atoms with Crippen LogP contribution < -0.4 is 5.73 Å². The summed E-state index contributed by atoms with van der Waals surface area (Å²) in [6.45, 7) is 2.80. The fraction of sp³-hybridized carbons (Fsp3) is 0.429. The highest BCUT2D eigenvalue weighted by molar-refractivity contribution is 5.76. The number of ether oxygens (including phenoxy) is 1. The Balaban J connectivity index is 2.45. The van der Waals surface area contributed by atoms with Crippen LogP contribution in [-0.4, -0.2) is 36.4 Å². The van der Waals surface area contributed by atoms with E-state index in [0.29, 0.717) is 26.1 Å². The van der Waals surface area contributed by atoms with Gasteiger partial charge in [0.1, 0.15) is 12.4 Å². The number of rotatable bonds is 7. The average molecular weight is 264 g/mol. The lowest BCUT2D eigenvalue weighted by Crippen LogP contribution is -2.37. The topological polar surface area (TPSA) is 72.6 Å². The maximum atomic E-state index is 11.9. The highest BCUT2D eigenvalue weighted by atomic mass is 16.6. The van der Waals surface area contributed by atoms with E-state index in [0.717, 1.165) is 5.56 Å². The standard InChI is InChI=1S/C14H20N2O3/c1-12(17)7-9-16(10-8-15)14(18)19-11-13-5-3-2-4-6-13/h2-6H,7-11,15H2,1H3. The lowest BCUT2D eigenvalue weighted by Gasteiger charge is -2.20. The first kappa shape index (κ1) is 15.2. The maximum Gasteiger partial charge on any atom is 0.410 e. The molecular formula is C14H20N2O3. The molecule has 1 amide bonds. The number of hydrogen-bond donors (Lipinski definition) is 1. The molecule has 5 nitrogen and oxygen atoms in total. The summed E-state index contributed by atoms with van der Waals surface area (Å²) in [4.78, 5) is 24.3. The number of carbonyl (C=O) groups excluding carboxylic acids is 2. The van der Waals surface area contributed by atoms with Crippen LogP contribution in [0.3, 0.4) is 0 Å². The second-order valence-corrected chi connectivity index (χ2v) is 4.27. The van der Waals surface area contributed by atoms with Gasteiger partial charge in [-0.15, -0.1) is 0 Å². The Morgan fingerprint density at radius 3 is 2.47 bits per heavy atom. The van der Waals surface area contributed by atoms with E-state index in [1.165, 1.54) is 11.8 Å². The minimum Gasteiger partial charge on any atom is -0.445 e. The first-order valence-corrected chi connectivity index (χ1v) is 6.28. The molecule has 19 heavy (non-hydrogen) atoms. The van der Waals surface area contributed by atoms with Gasteiger partial charge in [0.05, 0.1) is 0 Å². The SMILES string of the molecule is CC(=O)CCN(CCN)C(=O)OCc1ccccc1. The van der Waals surface area contributed by atoms with E-state index in [9.17, 15) is 9.59 Å². The van der Waals surface area contributed by atoms with Crippen molar-refractivity contribution in [2.45, 2.75) is 20.0 Å². The van der Waals surface area contributed by atoms with Crippen molar-refractivity contribution in [1.29, 1.82) is 0 Å². The Labute approximate surface area is 113 Å². The largest absolute Gasteiger partial charge is 0.445 e. The zero-order valence-electron chi connectivity index (χ0n) is 11.2. The highest BCUT2D eigenvalue weighted by Crippen LogP contribution is 2.04. The van der Waals surface area contributed by atoms with E-state index in [2.05, 4.69) is 0 Å². The molecule has 104 valence electrons. The number of nitrogens with zero attached hydrogens (tertiary/aromatic N) is 1. The van der Waals surface area contributed by atoms with Gasteiger partial charge in [-0.1, -0.05) is 30.3 Å². The first-order chi connectivity index (χ1) is 9.13. The number of hydrogen-bond acceptors (Lipinski definition) is 4. The monoisotopic (exact) mass is 264 g/mol. The summed E-state index contributed by atoms with van der Waals surface area (Å²) >= 11 is 0. The molecule has 0 spiro atoms. The zero-order valence-corrected chi connectivity index (χ0v) is 11.2. The molecule has 0 aliphatic rings. The van der Waals surface area contributed by atoms with Gasteiger partial charge in [-0.2, -0.15) is 0 Å². The Morgan fingerprint density at radius 1 is 1.21 bits per heavy atom. The summed E-state index contributed by atoms with van der Waals surface area (Å²) < 4.78 is 5.20. The van der Waals surface area contributed by atoms with E-state index in [4.69, 9.17) is 10.5 Å². The fourth-order valence-electron chi connectivity index (χ4n) is 1.55. The Hall–Kier alpha value is -1.88. The van der Waals surface area contributed by atoms with E-state index in [1.807, 2.05) is 30.3 Å². The molecule has 0 saturated carbocycles. The summed E-state index contributed by atoms with van der Waals surface area (Å²) in [5.41, 5.74) is 6.37. The third kappa shape index (κ3) is 6.01. The number of carbonyl (C=O) groups is 2. The summed E-state index contributed by atoms with van der Waals surface area (Å²) in [5, 5.41) is 0. The molecule has 1 rings (SSSR count). The molecule has 1 aromatic carbocycles. The van der Waals surface area contributed by atoms with Crippen molar-refractivity contribution in [2.24, 2.45) is 5.73 Å². The van der Waals surface area contributed by atoms with Crippen molar-refractivity contribution in [3.63, 3.8) is 0 Å². The molecule has 0 heterocycles. The molecule has 0 unspecified atom stereocenters.